The van der Waals surface area contributed by atoms with Crippen molar-refractivity contribution >= 4 is 39.5 Å². The molecule has 0 aliphatic rings. The van der Waals surface area contributed by atoms with E-state index in [2.05, 4.69) is 72.8 Å². The lowest BCUT2D eigenvalue weighted by molar-refractivity contribution is -0.161. The highest BCUT2D eigenvalue weighted by Gasteiger charge is 2.30. The van der Waals surface area contributed by atoms with Crippen molar-refractivity contribution in [3.63, 3.8) is 0 Å². The molecule has 0 aliphatic heterocycles. The lowest BCUT2D eigenvalue weighted by Crippen LogP contribution is -2.30. The van der Waals surface area contributed by atoms with Crippen molar-refractivity contribution in [2.45, 2.75) is 439 Å². The molecule has 614 valence electrons. The number of carbonyl (C=O) groups is 4. The van der Waals surface area contributed by atoms with Gasteiger partial charge in [0.25, 0.3) is 0 Å². The van der Waals surface area contributed by atoms with Crippen LogP contribution in [0.15, 0.2) is 24.3 Å². The van der Waals surface area contributed by atoms with Crippen molar-refractivity contribution in [2.75, 3.05) is 39.6 Å². The van der Waals surface area contributed by atoms with Crippen LogP contribution in [0.2, 0.25) is 0 Å². The van der Waals surface area contributed by atoms with E-state index in [0.717, 1.165) is 120 Å². The molecule has 0 radical (unpaired) electrons. The minimum absolute atomic E-state index is 0.0847. The van der Waals surface area contributed by atoms with E-state index in [9.17, 15) is 43.2 Å². The molecule has 19 heteroatoms. The Kier molecular flexibility index (Phi) is 72.9. The lowest BCUT2D eigenvalue weighted by atomic mass is 10.0. The molecule has 104 heavy (non-hydrogen) atoms. The Bertz CT molecular complexity index is 2100. The highest BCUT2D eigenvalue weighted by molar-refractivity contribution is 7.47. The first kappa shape index (κ1) is 102. The topological polar surface area (TPSA) is 237 Å². The molecule has 0 saturated carbocycles. The van der Waals surface area contributed by atoms with Crippen LogP contribution in [0.3, 0.4) is 0 Å². The van der Waals surface area contributed by atoms with Crippen LogP contribution in [0.4, 0.5) is 0 Å². The average Bonchev–Trinajstić information content (AvgIpc) is 0.903. The molecule has 0 saturated heterocycles. The molecular weight excluding hydrogens is 1350 g/mol. The number of allylic oxidation sites excluding steroid dienone is 4. The normalized spacial score (nSPS) is 14.0. The van der Waals surface area contributed by atoms with Gasteiger partial charge in [0.2, 0.25) is 0 Å². The number of carbonyl (C=O) groups excluding carboxylic acids is 4. The van der Waals surface area contributed by atoms with Crippen LogP contribution in [0.25, 0.3) is 0 Å². The predicted molar refractivity (Wildman–Crippen MR) is 427 cm³/mol. The Morgan fingerprint density at radius 1 is 0.298 bits per heavy atom. The fourth-order valence-corrected chi connectivity index (χ4v) is 14.2. The predicted octanol–water partition coefficient (Wildman–Crippen LogP) is 25.3. The maximum atomic E-state index is 13.1. The molecule has 0 aromatic rings. The van der Waals surface area contributed by atoms with Crippen LogP contribution in [0.5, 0.6) is 0 Å². The van der Waals surface area contributed by atoms with Gasteiger partial charge in [0.05, 0.1) is 26.4 Å². The number of unbranched alkanes of at least 4 members (excludes halogenated alkanes) is 46. The van der Waals surface area contributed by atoms with Gasteiger partial charge in [-0.3, -0.25) is 37.3 Å². The van der Waals surface area contributed by atoms with Gasteiger partial charge in [0.15, 0.2) is 12.2 Å². The summed E-state index contributed by atoms with van der Waals surface area (Å²) in [5.41, 5.74) is 0. The summed E-state index contributed by atoms with van der Waals surface area (Å²) < 4.78 is 68.8. The van der Waals surface area contributed by atoms with Gasteiger partial charge in [-0.2, -0.15) is 0 Å². The number of esters is 4. The standard InChI is InChI=1S/C85H162O17P2/c1-8-9-10-11-12-13-14-15-20-26-32-39-47-54-61-68-84(89)102-81(73-96-83(88)67-60-53-46-41-34-37-44-51-58-65-78(6)7)75-100-104(93,94)98-71-79(86)70-97-103(91,92)99-74-80(72-95-82(87)66-59-52-45-38-31-28-23-25-30-36-43-50-57-64-77(4)5)101-85(90)69-62-55-48-40-33-27-22-19-17-16-18-21-24-29-35-42-49-56-63-76(2)3/h13-15,20,76-81,86H,8-12,16-19,21-75H2,1-7H3,(H,91,92)(H,93,94)/b14-13-,20-15-/t79-,80-,81-/m1/s1. The van der Waals surface area contributed by atoms with Crippen molar-refractivity contribution in [1.29, 1.82) is 0 Å². The molecule has 17 nitrogen and oxygen atoms in total. The van der Waals surface area contributed by atoms with Crippen LogP contribution in [0.1, 0.15) is 421 Å². The van der Waals surface area contributed by atoms with Gasteiger partial charge in [-0.15, -0.1) is 0 Å². The molecule has 0 aliphatic carbocycles. The number of ether oxygens (including phenoxy) is 4. The van der Waals surface area contributed by atoms with Crippen molar-refractivity contribution in [3.05, 3.63) is 24.3 Å². The van der Waals surface area contributed by atoms with Crippen LogP contribution in [0, 0.1) is 17.8 Å². The van der Waals surface area contributed by atoms with Crippen molar-refractivity contribution in [2.24, 2.45) is 17.8 Å². The van der Waals surface area contributed by atoms with E-state index in [0.29, 0.717) is 25.7 Å². The molecular formula is C85H162O17P2. The first-order valence-electron chi connectivity index (χ1n) is 43.2. The van der Waals surface area contributed by atoms with Crippen LogP contribution in [-0.2, 0) is 65.4 Å². The van der Waals surface area contributed by atoms with E-state index in [1.807, 2.05) is 0 Å². The number of aliphatic hydroxyl groups excluding tert-OH is 1. The van der Waals surface area contributed by atoms with Crippen LogP contribution < -0.4 is 0 Å². The summed E-state index contributed by atoms with van der Waals surface area (Å²) in [4.78, 5) is 73.2. The number of aliphatic hydroxyl groups is 1. The number of rotatable bonds is 81. The van der Waals surface area contributed by atoms with E-state index in [-0.39, 0.29) is 25.7 Å². The second-order valence-corrected chi connectivity index (χ2v) is 34.2. The Morgan fingerprint density at radius 2 is 0.519 bits per heavy atom. The number of hydrogen-bond acceptors (Lipinski definition) is 15. The third kappa shape index (κ3) is 77.7. The van der Waals surface area contributed by atoms with Gasteiger partial charge < -0.3 is 33.8 Å². The zero-order valence-electron chi connectivity index (χ0n) is 68.0. The maximum absolute atomic E-state index is 13.1. The van der Waals surface area contributed by atoms with Crippen molar-refractivity contribution in [3.8, 4) is 0 Å². The Hall–Kier alpha value is -2.46. The zero-order chi connectivity index (χ0) is 76.5. The molecule has 0 heterocycles. The molecule has 3 N–H and O–H groups in total. The quantitative estimate of drug-likeness (QED) is 0.0169. The van der Waals surface area contributed by atoms with E-state index in [4.69, 9.17) is 37.0 Å². The molecule has 0 spiro atoms. The Labute approximate surface area is 637 Å². The second kappa shape index (κ2) is 74.6. The van der Waals surface area contributed by atoms with Gasteiger partial charge in [-0.1, -0.05) is 368 Å². The highest BCUT2D eigenvalue weighted by atomic mass is 31.2. The zero-order valence-corrected chi connectivity index (χ0v) is 69.8. The van der Waals surface area contributed by atoms with Gasteiger partial charge in [0, 0.05) is 25.7 Å². The van der Waals surface area contributed by atoms with E-state index in [1.165, 1.54) is 218 Å². The largest absolute Gasteiger partial charge is 0.472 e. The summed E-state index contributed by atoms with van der Waals surface area (Å²) in [5, 5.41) is 10.7. The van der Waals surface area contributed by atoms with Gasteiger partial charge in [-0.25, -0.2) is 9.13 Å². The summed E-state index contributed by atoms with van der Waals surface area (Å²) in [6, 6.07) is 0. The summed E-state index contributed by atoms with van der Waals surface area (Å²) in [7, 11) is -9.94. The van der Waals surface area contributed by atoms with Crippen molar-refractivity contribution in [1.82, 2.24) is 0 Å². The smallest absolute Gasteiger partial charge is 0.462 e. The van der Waals surface area contributed by atoms with Crippen LogP contribution in [-0.4, -0.2) is 96.7 Å². The minimum Gasteiger partial charge on any atom is -0.462 e. The molecule has 0 rings (SSSR count). The third-order valence-electron chi connectivity index (χ3n) is 19.3. The summed E-state index contributed by atoms with van der Waals surface area (Å²) in [6.45, 7) is 11.9. The first-order chi connectivity index (χ1) is 50.2. The molecule has 0 bridgehead atoms. The minimum atomic E-state index is -4.97. The fraction of sp³-hybridized carbons (Fsp3) is 0.906. The third-order valence-corrected chi connectivity index (χ3v) is 21.2. The molecule has 0 aromatic heterocycles. The molecule has 2 unspecified atom stereocenters. The summed E-state index contributed by atoms with van der Waals surface area (Å²) in [6.07, 6.45) is 67.4. The van der Waals surface area contributed by atoms with Gasteiger partial charge in [-0.05, 0) is 69.1 Å². The number of phosphoric ester groups is 2. The van der Waals surface area contributed by atoms with E-state index in [1.54, 1.807) is 0 Å². The Balaban J connectivity index is 5.28. The van der Waals surface area contributed by atoms with E-state index < -0.39 is 97.5 Å². The molecule has 0 amide bonds. The molecule has 0 fully saturated rings. The van der Waals surface area contributed by atoms with Gasteiger partial charge >= 0.3 is 39.5 Å². The number of hydrogen-bond donors (Lipinski definition) is 3. The summed E-state index contributed by atoms with van der Waals surface area (Å²) in [5.74, 6) is 0.214. The second-order valence-electron chi connectivity index (χ2n) is 31.3. The van der Waals surface area contributed by atoms with Crippen molar-refractivity contribution < 1.29 is 80.2 Å². The van der Waals surface area contributed by atoms with E-state index >= 15 is 0 Å². The number of phosphoric acid groups is 2. The SMILES string of the molecule is CCCCCC/C=C\C=C/CCCCCCCC(=O)O[C@H](COC(=O)CCCCCCCCCCCC(C)C)COP(=O)(O)OC[C@H](O)COP(=O)(O)OC[C@@H](COC(=O)CCCCCCCCCCCCCCCC(C)C)OC(=O)CCCCCCCCCCCCCCCCCCCCC(C)C. The monoisotopic (exact) mass is 1520 g/mol. The fourth-order valence-electron chi connectivity index (χ4n) is 12.7. The average molecular weight is 1520 g/mol. The van der Waals surface area contributed by atoms with Gasteiger partial charge in [0.1, 0.15) is 19.3 Å². The Morgan fingerprint density at radius 3 is 0.779 bits per heavy atom. The first-order valence-corrected chi connectivity index (χ1v) is 46.2. The molecule has 0 aromatic carbocycles. The maximum Gasteiger partial charge on any atom is 0.472 e. The summed E-state index contributed by atoms with van der Waals surface area (Å²) >= 11 is 0. The molecule has 5 atom stereocenters. The van der Waals surface area contributed by atoms with Crippen LogP contribution >= 0.6 is 15.6 Å². The lowest BCUT2D eigenvalue weighted by Gasteiger charge is -2.21. The highest BCUT2D eigenvalue weighted by Crippen LogP contribution is 2.45.